The number of halogens is 4. The zero-order valence-electron chi connectivity index (χ0n) is 17.5. The molecule has 1 aliphatic heterocycles. The lowest BCUT2D eigenvalue weighted by atomic mass is 10.2. The molecule has 1 unspecified atom stereocenters. The quantitative estimate of drug-likeness (QED) is 0.407. The standard InChI is InChI=1S/C20H19ClN2O2S2.C2HF3O2/c21-17-10-15(22-20(24)19-2-1-8-27-19)3-4-18(17)25-16-5-7-23(12-16)11-14-6-9-26-13-14;3-2(4,5)1(6)7/h1-4,6,8-10,13,16H,5,7,11-12H2,(H,22,24);(H,6,7). The zero-order chi connectivity index (χ0) is 24.7. The second-order valence-electron chi connectivity index (χ2n) is 7.27. The molecule has 34 heavy (non-hydrogen) atoms. The molecule has 182 valence electrons. The number of amides is 1. The highest BCUT2D eigenvalue weighted by molar-refractivity contribution is 7.12. The van der Waals surface area contributed by atoms with Crippen molar-refractivity contribution in [3.8, 4) is 5.75 Å². The highest BCUT2D eigenvalue weighted by Crippen LogP contribution is 2.30. The van der Waals surface area contributed by atoms with Crippen LogP contribution >= 0.6 is 34.3 Å². The largest absolute Gasteiger partial charge is 0.490 e. The van der Waals surface area contributed by atoms with E-state index in [0.717, 1.165) is 26.1 Å². The molecule has 2 N–H and O–H groups in total. The summed E-state index contributed by atoms with van der Waals surface area (Å²) in [7, 11) is 0. The van der Waals surface area contributed by atoms with Gasteiger partial charge in [-0.25, -0.2) is 4.79 Å². The number of aliphatic carboxylic acids is 1. The van der Waals surface area contributed by atoms with Gasteiger partial charge in [0.1, 0.15) is 11.9 Å². The van der Waals surface area contributed by atoms with Gasteiger partial charge in [0.15, 0.2) is 0 Å². The Kier molecular flexibility index (Phi) is 8.95. The Bertz CT molecular complexity index is 1090. The Morgan fingerprint density at radius 1 is 1.24 bits per heavy atom. The van der Waals surface area contributed by atoms with Crippen LogP contribution in [0.25, 0.3) is 0 Å². The van der Waals surface area contributed by atoms with Crippen molar-refractivity contribution < 1.29 is 32.6 Å². The molecule has 3 heterocycles. The maximum Gasteiger partial charge on any atom is 0.490 e. The van der Waals surface area contributed by atoms with Gasteiger partial charge >= 0.3 is 12.1 Å². The van der Waals surface area contributed by atoms with Gasteiger partial charge in [-0.1, -0.05) is 17.7 Å². The SMILES string of the molecule is O=C(Nc1ccc(OC2CCN(Cc3ccsc3)C2)c(Cl)c1)c1cccs1.O=C(O)C(F)(F)F. The number of nitrogens with zero attached hydrogens (tertiary/aromatic N) is 1. The molecule has 0 aliphatic carbocycles. The summed E-state index contributed by atoms with van der Waals surface area (Å²) in [4.78, 5) is 24.1. The lowest BCUT2D eigenvalue weighted by Crippen LogP contribution is -2.24. The number of thiophene rings is 2. The molecule has 1 amide bonds. The molecule has 1 fully saturated rings. The van der Waals surface area contributed by atoms with E-state index in [-0.39, 0.29) is 12.0 Å². The van der Waals surface area contributed by atoms with E-state index in [4.69, 9.17) is 26.2 Å². The van der Waals surface area contributed by atoms with E-state index in [1.165, 1.54) is 16.9 Å². The number of carbonyl (C=O) groups is 2. The Morgan fingerprint density at radius 2 is 2.00 bits per heavy atom. The molecule has 1 saturated heterocycles. The van der Waals surface area contributed by atoms with Crippen molar-refractivity contribution in [2.75, 3.05) is 18.4 Å². The van der Waals surface area contributed by atoms with Crippen molar-refractivity contribution in [2.45, 2.75) is 25.2 Å². The third-order valence-corrected chi connectivity index (χ3v) is 6.58. The van der Waals surface area contributed by atoms with Gasteiger partial charge in [0.2, 0.25) is 0 Å². The van der Waals surface area contributed by atoms with E-state index in [9.17, 15) is 18.0 Å². The first-order chi connectivity index (χ1) is 16.1. The minimum absolute atomic E-state index is 0.130. The molecule has 1 aromatic carbocycles. The summed E-state index contributed by atoms with van der Waals surface area (Å²) in [5, 5.41) is 16.7. The van der Waals surface area contributed by atoms with Crippen LogP contribution in [0.4, 0.5) is 18.9 Å². The van der Waals surface area contributed by atoms with E-state index >= 15 is 0 Å². The van der Waals surface area contributed by atoms with Crippen molar-refractivity contribution >= 4 is 51.8 Å². The van der Waals surface area contributed by atoms with Crippen LogP contribution in [-0.2, 0) is 11.3 Å². The maximum absolute atomic E-state index is 12.1. The number of rotatable bonds is 6. The predicted molar refractivity (Wildman–Crippen MR) is 126 cm³/mol. The summed E-state index contributed by atoms with van der Waals surface area (Å²) in [5.41, 5.74) is 2.01. The minimum atomic E-state index is -5.08. The van der Waals surface area contributed by atoms with Gasteiger partial charge in [0.25, 0.3) is 5.91 Å². The number of benzene rings is 1. The lowest BCUT2D eigenvalue weighted by Gasteiger charge is -2.17. The third-order valence-electron chi connectivity index (χ3n) is 4.69. The highest BCUT2D eigenvalue weighted by atomic mass is 35.5. The topological polar surface area (TPSA) is 78.9 Å². The van der Waals surface area contributed by atoms with E-state index in [2.05, 4.69) is 27.0 Å². The summed E-state index contributed by atoms with van der Waals surface area (Å²) in [5.74, 6) is -2.23. The molecule has 0 radical (unpaired) electrons. The summed E-state index contributed by atoms with van der Waals surface area (Å²) in [6.07, 6.45) is -3.97. The van der Waals surface area contributed by atoms with Gasteiger partial charge in [-0.3, -0.25) is 9.69 Å². The van der Waals surface area contributed by atoms with Crippen LogP contribution in [0.2, 0.25) is 5.02 Å². The molecule has 0 saturated carbocycles. The number of alkyl halides is 3. The normalized spacial score (nSPS) is 15.9. The zero-order valence-corrected chi connectivity index (χ0v) is 19.9. The number of hydrogen-bond donors (Lipinski definition) is 2. The fourth-order valence-electron chi connectivity index (χ4n) is 3.13. The van der Waals surface area contributed by atoms with Crippen molar-refractivity contribution in [3.05, 3.63) is 68.0 Å². The number of carboxylic acids is 1. The second kappa shape index (κ2) is 11.7. The van der Waals surface area contributed by atoms with Gasteiger partial charge in [0, 0.05) is 25.3 Å². The fraction of sp³-hybridized carbons (Fsp3) is 0.273. The number of carboxylic acid groups (broad SMARTS) is 1. The molecule has 1 atom stereocenters. The van der Waals surface area contributed by atoms with Gasteiger partial charge in [-0.15, -0.1) is 11.3 Å². The smallest absolute Gasteiger partial charge is 0.487 e. The van der Waals surface area contributed by atoms with Gasteiger partial charge in [-0.05, 0) is 58.5 Å². The van der Waals surface area contributed by atoms with Crippen molar-refractivity contribution in [2.24, 2.45) is 0 Å². The van der Waals surface area contributed by atoms with Crippen LogP contribution in [-0.4, -0.2) is 47.3 Å². The second-order valence-corrected chi connectivity index (χ2v) is 9.41. The van der Waals surface area contributed by atoms with Crippen molar-refractivity contribution in [3.63, 3.8) is 0 Å². The fourth-order valence-corrected chi connectivity index (χ4v) is 4.64. The number of carbonyl (C=O) groups excluding carboxylic acids is 1. The minimum Gasteiger partial charge on any atom is -0.487 e. The highest BCUT2D eigenvalue weighted by Gasteiger charge is 2.38. The van der Waals surface area contributed by atoms with E-state index in [0.29, 0.717) is 21.3 Å². The Hall–Kier alpha value is -2.60. The van der Waals surface area contributed by atoms with Crippen molar-refractivity contribution in [1.82, 2.24) is 4.90 Å². The number of ether oxygens (including phenoxy) is 1. The summed E-state index contributed by atoms with van der Waals surface area (Å²) in [6, 6.07) is 11.2. The molecule has 1 aliphatic rings. The Labute approximate surface area is 206 Å². The van der Waals surface area contributed by atoms with Crippen LogP contribution < -0.4 is 10.1 Å². The van der Waals surface area contributed by atoms with E-state index < -0.39 is 12.1 Å². The molecule has 4 rings (SSSR count). The van der Waals surface area contributed by atoms with Crippen molar-refractivity contribution in [1.29, 1.82) is 0 Å². The molecule has 0 spiro atoms. The van der Waals surface area contributed by atoms with Crippen LogP contribution in [0.3, 0.4) is 0 Å². The average Bonchev–Trinajstić information content (AvgIpc) is 3.53. The molecule has 6 nitrogen and oxygen atoms in total. The van der Waals surface area contributed by atoms with Crippen LogP contribution in [0.15, 0.2) is 52.5 Å². The van der Waals surface area contributed by atoms with Gasteiger partial charge in [-0.2, -0.15) is 24.5 Å². The maximum atomic E-state index is 12.1. The van der Waals surface area contributed by atoms with Crippen LogP contribution in [0.1, 0.15) is 21.7 Å². The monoisotopic (exact) mass is 532 g/mol. The Balaban J connectivity index is 0.000000406. The molecular weight excluding hydrogens is 513 g/mol. The molecule has 12 heteroatoms. The van der Waals surface area contributed by atoms with E-state index in [1.54, 1.807) is 23.5 Å². The van der Waals surface area contributed by atoms with Gasteiger partial charge < -0.3 is 15.2 Å². The molecule has 0 bridgehead atoms. The first-order valence-electron chi connectivity index (χ1n) is 9.96. The van der Waals surface area contributed by atoms with Crippen LogP contribution in [0.5, 0.6) is 5.75 Å². The Morgan fingerprint density at radius 3 is 2.59 bits per heavy atom. The average molecular weight is 533 g/mol. The summed E-state index contributed by atoms with van der Waals surface area (Å²) in [6.45, 7) is 2.88. The third kappa shape index (κ3) is 7.73. The number of nitrogens with one attached hydrogen (secondary N) is 1. The van der Waals surface area contributed by atoms with E-state index in [1.807, 2.05) is 23.6 Å². The first-order valence-corrected chi connectivity index (χ1v) is 12.2. The van der Waals surface area contributed by atoms with Gasteiger partial charge in [0.05, 0.1) is 9.90 Å². The first kappa shape index (κ1) is 26.0. The van der Waals surface area contributed by atoms with Crippen LogP contribution in [0, 0.1) is 0 Å². The molecule has 3 aromatic rings. The number of likely N-dealkylation sites (tertiary alicyclic amines) is 1. The molecule has 2 aromatic heterocycles. The lowest BCUT2D eigenvalue weighted by molar-refractivity contribution is -0.192. The predicted octanol–water partition coefficient (Wildman–Crippen LogP) is 6.00. The summed E-state index contributed by atoms with van der Waals surface area (Å²) < 4.78 is 37.8. The molecular formula is C22H20ClF3N2O4S2. The summed E-state index contributed by atoms with van der Waals surface area (Å²) >= 11 is 9.52. The number of anilines is 1. The number of hydrogen-bond acceptors (Lipinski definition) is 6.